The average Bonchev–Trinajstić information content (AvgIpc) is 2.81. The molecule has 1 aromatic heterocycles. The Morgan fingerprint density at radius 3 is 2.32 bits per heavy atom. The van der Waals surface area contributed by atoms with Crippen LogP contribution in [0.3, 0.4) is 0 Å². The highest BCUT2D eigenvalue weighted by molar-refractivity contribution is 5.93. The number of nitrogens with zero attached hydrogens (tertiary/aromatic N) is 4. The SMILES string of the molecule is CN1CCN(Cc2cccc(Cn3c(Cc4ccc(F)cc4)nc(C(N)=O)c(O)c3=O)c2)CC1. The zero-order valence-corrected chi connectivity index (χ0v) is 19.1. The number of carbonyl (C=O) groups is 1. The Kier molecular flexibility index (Phi) is 7.04. The zero-order chi connectivity index (χ0) is 24.2. The van der Waals surface area contributed by atoms with Crippen molar-refractivity contribution in [3.05, 3.63) is 92.9 Å². The number of aromatic nitrogens is 2. The number of piperazine rings is 1. The molecule has 2 heterocycles. The van der Waals surface area contributed by atoms with Crippen molar-refractivity contribution in [1.29, 1.82) is 0 Å². The number of likely N-dealkylation sites (N-methyl/N-ethyl adjacent to an activating group) is 1. The summed E-state index contributed by atoms with van der Waals surface area (Å²) >= 11 is 0. The first-order valence-electron chi connectivity index (χ1n) is 11.2. The van der Waals surface area contributed by atoms with Gasteiger partial charge in [-0.3, -0.25) is 19.1 Å². The van der Waals surface area contributed by atoms with Crippen molar-refractivity contribution in [2.75, 3.05) is 33.2 Å². The normalized spacial score (nSPS) is 14.9. The summed E-state index contributed by atoms with van der Waals surface area (Å²) in [5.41, 5.74) is 6.79. The lowest BCUT2D eigenvalue weighted by atomic mass is 10.1. The lowest BCUT2D eigenvalue weighted by Crippen LogP contribution is -2.43. The van der Waals surface area contributed by atoms with Crippen molar-refractivity contribution in [3.63, 3.8) is 0 Å². The maximum Gasteiger partial charge on any atom is 0.296 e. The van der Waals surface area contributed by atoms with Gasteiger partial charge in [0.25, 0.3) is 11.5 Å². The maximum absolute atomic E-state index is 13.3. The largest absolute Gasteiger partial charge is 0.501 e. The fourth-order valence-electron chi connectivity index (χ4n) is 4.12. The Balaban J connectivity index is 1.64. The average molecular weight is 466 g/mol. The van der Waals surface area contributed by atoms with Gasteiger partial charge in [-0.1, -0.05) is 36.4 Å². The van der Waals surface area contributed by atoms with Gasteiger partial charge >= 0.3 is 0 Å². The summed E-state index contributed by atoms with van der Waals surface area (Å²) in [5, 5.41) is 10.3. The molecule has 1 aliphatic heterocycles. The van der Waals surface area contributed by atoms with E-state index in [0.29, 0.717) is 5.56 Å². The Morgan fingerprint density at radius 1 is 1.03 bits per heavy atom. The standard InChI is InChI=1S/C25H28FN5O3/c1-29-9-11-30(12-10-29)15-18-3-2-4-19(13-18)16-31-21(14-17-5-7-20(26)8-6-17)28-22(24(27)33)23(32)25(31)34/h2-8,13,32H,9-12,14-16H2,1H3,(H2,27,33). The van der Waals surface area contributed by atoms with Crippen LogP contribution in [-0.2, 0) is 19.5 Å². The summed E-state index contributed by atoms with van der Waals surface area (Å²) < 4.78 is 14.7. The van der Waals surface area contributed by atoms with Crippen LogP contribution in [0.1, 0.15) is 33.0 Å². The first-order chi connectivity index (χ1) is 16.3. The van der Waals surface area contributed by atoms with Crippen molar-refractivity contribution in [3.8, 4) is 5.75 Å². The number of halogens is 1. The monoisotopic (exact) mass is 465 g/mol. The number of amides is 1. The van der Waals surface area contributed by atoms with Crippen molar-refractivity contribution >= 4 is 5.91 Å². The first kappa shape index (κ1) is 23.6. The van der Waals surface area contributed by atoms with Crippen LogP contribution in [0.4, 0.5) is 4.39 Å². The molecule has 0 bridgehead atoms. The minimum Gasteiger partial charge on any atom is -0.501 e. The Labute approximate surface area is 197 Å². The molecule has 0 saturated carbocycles. The highest BCUT2D eigenvalue weighted by Crippen LogP contribution is 2.16. The summed E-state index contributed by atoms with van der Waals surface area (Å²) in [5.74, 6) is -1.89. The minimum atomic E-state index is -0.990. The molecule has 4 rings (SSSR count). The van der Waals surface area contributed by atoms with E-state index < -0.39 is 22.9 Å². The molecule has 1 amide bonds. The molecule has 9 heteroatoms. The summed E-state index contributed by atoms with van der Waals surface area (Å²) in [7, 11) is 2.12. The summed E-state index contributed by atoms with van der Waals surface area (Å²) in [6.45, 7) is 5.01. The van der Waals surface area contributed by atoms with Gasteiger partial charge in [-0.15, -0.1) is 0 Å². The van der Waals surface area contributed by atoms with Crippen LogP contribution in [0.15, 0.2) is 53.3 Å². The molecule has 1 fully saturated rings. The van der Waals surface area contributed by atoms with Crippen molar-refractivity contribution < 1.29 is 14.3 Å². The number of hydrogen-bond acceptors (Lipinski definition) is 6. The van der Waals surface area contributed by atoms with Gasteiger partial charge in [0.05, 0.1) is 6.54 Å². The van der Waals surface area contributed by atoms with E-state index in [4.69, 9.17) is 5.73 Å². The fraction of sp³-hybridized carbons (Fsp3) is 0.320. The molecule has 0 aliphatic carbocycles. The zero-order valence-electron chi connectivity index (χ0n) is 19.1. The summed E-state index contributed by atoms with van der Waals surface area (Å²) in [6.07, 6.45) is 0.164. The topological polar surface area (TPSA) is 105 Å². The van der Waals surface area contributed by atoms with Gasteiger partial charge in [0.2, 0.25) is 5.75 Å². The molecule has 3 N–H and O–H groups in total. The fourth-order valence-corrected chi connectivity index (χ4v) is 4.12. The van der Waals surface area contributed by atoms with E-state index in [1.807, 2.05) is 18.2 Å². The van der Waals surface area contributed by atoms with Crippen molar-refractivity contribution in [1.82, 2.24) is 19.4 Å². The third kappa shape index (κ3) is 5.49. The number of aromatic hydroxyl groups is 1. The summed E-state index contributed by atoms with van der Waals surface area (Å²) in [6, 6.07) is 13.7. The lowest BCUT2D eigenvalue weighted by molar-refractivity contribution is 0.0991. The quantitative estimate of drug-likeness (QED) is 0.549. The second-order valence-electron chi connectivity index (χ2n) is 8.68. The molecular formula is C25H28FN5O3. The van der Waals surface area contributed by atoms with E-state index >= 15 is 0 Å². The van der Waals surface area contributed by atoms with Crippen molar-refractivity contribution in [2.45, 2.75) is 19.5 Å². The molecule has 0 radical (unpaired) electrons. The molecule has 2 aromatic carbocycles. The maximum atomic E-state index is 13.3. The summed E-state index contributed by atoms with van der Waals surface area (Å²) in [4.78, 5) is 33.6. The smallest absolute Gasteiger partial charge is 0.296 e. The Bertz CT molecular complexity index is 1230. The third-order valence-electron chi connectivity index (χ3n) is 6.07. The highest BCUT2D eigenvalue weighted by atomic mass is 19.1. The van der Waals surface area contributed by atoms with Crippen LogP contribution in [0, 0.1) is 5.82 Å². The van der Waals surface area contributed by atoms with E-state index in [1.54, 1.807) is 12.1 Å². The van der Waals surface area contributed by atoms with E-state index in [1.165, 1.54) is 16.7 Å². The van der Waals surface area contributed by atoms with Crippen LogP contribution >= 0.6 is 0 Å². The molecule has 3 aromatic rings. The predicted molar refractivity (Wildman–Crippen MR) is 126 cm³/mol. The number of carbonyl (C=O) groups excluding carboxylic acids is 1. The van der Waals surface area contributed by atoms with Gasteiger partial charge in [-0.2, -0.15) is 0 Å². The third-order valence-corrected chi connectivity index (χ3v) is 6.07. The van der Waals surface area contributed by atoms with Crippen LogP contribution in [0.5, 0.6) is 5.75 Å². The molecule has 178 valence electrons. The van der Waals surface area contributed by atoms with Crippen LogP contribution in [0.2, 0.25) is 0 Å². The van der Waals surface area contributed by atoms with Gasteiger partial charge in [-0.25, -0.2) is 9.37 Å². The van der Waals surface area contributed by atoms with Crippen LogP contribution in [-0.4, -0.2) is 63.6 Å². The number of hydrogen-bond donors (Lipinski definition) is 2. The van der Waals surface area contributed by atoms with Gasteiger partial charge in [0.15, 0.2) is 5.69 Å². The minimum absolute atomic E-state index is 0.158. The predicted octanol–water partition coefficient (Wildman–Crippen LogP) is 1.57. The van der Waals surface area contributed by atoms with Gasteiger partial charge < -0.3 is 15.7 Å². The highest BCUT2D eigenvalue weighted by Gasteiger charge is 2.20. The van der Waals surface area contributed by atoms with Crippen molar-refractivity contribution in [2.24, 2.45) is 5.73 Å². The van der Waals surface area contributed by atoms with E-state index in [-0.39, 0.29) is 24.6 Å². The molecule has 0 atom stereocenters. The number of primary amides is 1. The number of rotatable bonds is 7. The van der Waals surface area contributed by atoms with E-state index in [2.05, 4.69) is 27.9 Å². The molecule has 0 unspecified atom stereocenters. The second-order valence-corrected chi connectivity index (χ2v) is 8.68. The van der Waals surface area contributed by atoms with Gasteiger partial charge in [0.1, 0.15) is 11.6 Å². The molecule has 1 aliphatic rings. The molecule has 1 saturated heterocycles. The van der Waals surface area contributed by atoms with Crippen LogP contribution < -0.4 is 11.3 Å². The first-order valence-corrected chi connectivity index (χ1v) is 11.2. The second kappa shape index (κ2) is 10.1. The van der Waals surface area contributed by atoms with E-state index in [9.17, 15) is 19.1 Å². The molecule has 34 heavy (non-hydrogen) atoms. The Morgan fingerprint density at radius 2 is 1.68 bits per heavy atom. The van der Waals surface area contributed by atoms with Crippen LogP contribution in [0.25, 0.3) is 0 Å². The number of nitrogens with two attached hydrogens (primary N) is 1. The molecule has 0 spiro atoms. The number of benzene rings is 2. The lowest BCUT2D eigenvalue weighted by Gasteiger charge is -2.32. The molecule has 8 nitrogen and oxygen atoms in total. The molecular weight excluding hydrogens is 437 g/mol. The van der Waals surface area contributed by atoms with Gasteiger partial charge in [-0.05, 0) is 35.9 Å². The van der Waals surface area contributed by atoms with E-state index in [0.717, 1.165) is 43.9 Å². The Hall–Kier alpha value is -3.56. The van der Waals surface area contributed by atoms with Gasteiger partial charge in [0, 0.05) is 39.1 Å².